The third-order valence-corrected chi connectivity index (χ3v) is 4.59. The number of aromatic nitrogens is 1. The second kappa shape index (κ2) is 8.39. The van der Waals surface area contributed by atoms with Gasteiger partial charge in [0.25, 0.3) is 0 Å². The Morgan fingerprint density at radius 2 is 1.85 bits per heavy atom. The minimum atomic E-state index is 0.0254. The number of carbonyl (C=O) groups is 1. The van der Waals surface area contributed by atoms with Crippen LogP contribution in [0, 0.1) is 0 Å². The maximum absolute atomic E-state index is 12.3. The summed E-state index contributed by atoms with van der Waals surface area (Å²) in [5, 5.41) is 1.29. The summed E-state index contributed by atoms with van der Waals surface area (Å²) in [6.45, 7) is 0.534. The minimum Gasteiger partial charge on any atom is -0.441 e. The molecule has 0 bridgehead atoms. The molecule has 3 aromatic rings. The zero-order valence-electron chi connectivity index (χ0n) is 14.3. The van der Waals surface area contributed by atoms with Gasteiger partial charge in [0.15, 0.2) is 11.7 Å². The highest BCUT2D eigenvalue weighted by Crippen LogP contribution is 2.28. The minimum absolute atomic E-state index is 0.0254. The monoisotopic (exact) mass is 388 g/mol. The molecule has 0 aliphatic rings. The van der Waals surface area contributed by atoms with Gasteiger partial charge >= 0.3 is 0 Å². The van der Waals surface area contributed by atoms with Gasteiger partial charge in [0.05, 0.1) is 11.2 Å². The van der Waals surface area contributed by atoms with E-state index in [2.05, 4.69) is 4.98 Å². The predicted octanol–water partition coefficient (Wildman–Crippen LogP) is 5.24. The number of hydrogen-bond donors (Lipinski definition) is 0. The Kier molecular flexibility index (Phi) is 5.96. The Morgan fingerprint density at radius 1 is 1.12 bits per heavy atom. The number of benzene rings is 2. The van der Waals surface area contributed by atoms with E-state index in [0.717, 1.165) is 11.1 Å². The van der Waals surface area contributed by atoms with E-state index in [1.54, 1.807) is 24.2 Å². The lowest BCUT2D eigenvalue weighted by atomic mass is 10.2. The maximum atomic E-state index is 12.3. The summed E-state index contributed by atoms with van der Waals surface area (Å²) in [5.41, 5.74) is 1.82. The number of aryl methyl sites for hydroxylation is 1. The number of amides is 1. The van der Waals surface area contributed by atoms with Gasteiger partial charge in [0.2, 0.25) is 5.91 Å². The number of carbonyl (C=O) groups excluding carboxylic acids is 1. The third-order valence-electron chi connectivity index (χ3n) is 4.00. The topological polar surface area (TPSA) is 46.3 Å². The van der Waals surface area contributed by atoms with E-state index in [9.17, 15) is 4.79 Å². The number of hydrogen-bond acceptors (Lipinski definition) is 3. The van der Waals surface area contributed by atoms with Gasteiger partial charge in [-0.25, -0.2) is 4.98 Å². The molecule has 0 saturated heterocycles. The molecular weight excluding hydrogens is 371 g/mol. The fourth-order valence-electron chi connectivity index (χ4n) is 2.57. The van der Waals surface area contributed by atoms with E-state index >= 15 is 0 Å². The number of oxazole rings is 1. The van der Waals surface area contributed by atoms with Crippen LogP contribution in [-0.4, -0.2) is 22.8 Å². The van der Waals surface area contributed by atoms with Gasteiger partial charge < -0.3 is 9.32 Å². The molecule has 3 rings (SSSR count). The normalized spacial score (nSPS) is 10.7. The van der Waals surface area contributed by atoms with Crippen LogP contribution >= 0.6 is 23.2 Å². The van der Waals surface area contributed by atoms with Crippen molar-refractivity contribution in [3.05, 3.63) is 76.2 Å². The first-order chi connectivity index (χ1) is 12.5. The van der Waals surface area contributed by atoms with Crippen molar-refractivity contribution in [1.82, 2.24) is 9.88 Å². The quantitative estimate of drug-likeness (QED) is 0.579. The Labute approximate surface area is 162 Å². The standard InChI is InChI=1S/C20H18Cl2N2O2/c1-24(13-14-6-8-15(21)9-7-14)20(25)11-10-19-23-12-18(26-19)16-4-2-3-5-17(16)22/h2-9,12H,10-11,13H2,1H3. The summed E-state index contributed by atoms with van der Waals surface area (Å²) in [6.07, 6.45) is 2.40. The molecule has 0 atom stereocenters. The Balaban J connectivity index is 1.56. The van der Waals surface area contributed by atoms with Crippen LogP contribution in [0.2, 0.25) is 10.0 Å². The summed E-state index contributed by atoms with van der Waals surface area (Å²) >= 11 is 12.0. The first-order valence-corrected chi connectivity index (χ1v) is 8.96. The van der Waals surface area contributed by atoms with E-state index in [1.165, 1.54) is 0 Å². The molecule has 0 N–H and O–H groups in total. The van der Waals surface area contributed by atoms with E-state index in [1.807, 2.05) is 42.5 Å². The molecule has 0 spiro atoms. The number of halogens is 2. The highest BCUT2D eigenvalue weighted by Gasteiger charge is 2.13. The first kappa shape index (κ1) is 18.5. The van der Waals surface area contributed by atoms with Crippen molar-refractivity contribution in [3.63, 3.8) is 0 Å². The van der Waals surface area contributed by atoms with Crippen LogP contribution in [0.5, 0.6) is 0 Å². The number of rotatable bonds is 6. The molecule has 1 amide bonds. The van der Waals surface area contributed by atoms with Gasteiger partial charge in [-0.15, -0.1) is 0 Å². The highest BCUT2D eigenvalue weighted by atomic mass is 35.5. The molecule has 0 fully saturated rings. The summed E-state index contributed by atoms with van der Waals surface area (Å²) in [6, 6.07) is 14.9. The molecule has 6 heteroatoms. The molecule has 0 aliphatic heterocycles. The smallest absolute Gasteiger partial charge is 0.223 e. The lowest BCUT2D eigenvalue weighted by molar-refractivity contribution is -0.130. The van der Waals surface area contributed by atoms with Gasteiger partial charge in [-0.05, 0) is 29.8 Å². The van der Waals surface area contributed by atoms with Gasteiger partial charge in [0.1, 0.15) is 0 Å². The molecule has 134 valence electrons. The zero-order valence-corrected chi connectivity index (χ0v) is 15.8. The van der Waals surface area contributed by atoms with Crippen LogP contribution in [0.25, 0.3) is 11.3 Å². The van der Waals surface area contributed by atoms with Crippen molar-refractivity contribution in [3.8, 4) is 11.3 Å². The van der Waals surface area contributed by atoms with Crippen LogP contribution in [-0.2, 0) is 17.8 Å². The lowest BCUT2D eigenvalue weighted by Crippen LogP contribution is -2.26. The van der Waals surface area contributed by atoms with Crippen molar-refractivity contribution in [2.24, 2.45) is 0 Å². The first-order valence-electron chi connectivity index (χ1n) is 8.21. The van der Waals surface area contributed by atoms with Crippen LogP contribution < -0.4 is 0 Å². The largest absolute Gasteiger partial charge is 0.441 e. The van der Waals surface area contributed by atoms with Crippen LogP contribution in [0.4, 0.5) is 0 Å². The van der Waals surface area contributed by atoms with Gasteiger partial charge in [0, 0.05) is 37.0 Å². The van der Waals surface area contributed by atoms with E-state index in [4.69, 9.17) is 27.6 Å². The molecule has 26 heavy (non-hydrogen) atoms. The SMILES string of the molecule is CN(Cc1ccc(Cl)cc1)C(=O)CCc1ncc(-c2ccccc2Cl)o1. The Hall–Kier alpha value is -2.30. The molecule has 4 nitrogen and oxygen atoms in total. The summed E-state index contributed by atoms with van der Waals surface area (Å²) in [5.74, 6) is 1.15. The summed E-state index contributed by atoms with van der Waals surface area (Å²) in [4.78, 5) is 18.3. The average molecular weight is 389 g/mol. The third kappa shape index (κ3) is 4.65. The molecule has 0 aliphatic carbocycles. The summed E-state index contributed by atoms with van der Waals surface area (Å²) < 4.78 is 5.73. The predicted molar refractivity (Wildman–Crippen MR) is 103 cm³/mol. The van der Waals surface area contributed by atoms with Gasteiger partial charge in [-0.3, -0.25) is 4.79 Å². The molecule has 0 radical (unpaired) electrons. The molecular formula is C20H18Cl2N2O2. The van der Waals surface area contributed by atoms with Crippen LogP contribution in [0.3, 0.4) is 0 Å². The zero-order chi connectivity index (χ0) is 18.5. The Morgan fingerprint density at radius 3 is 2.58 bits per heavy atom. The van der Waals surface area contributed by atoms with Crippen molar-refractivity contribution in [2.75, 3.05) is 7.05 Å². The highest BCUT2D eigenvalue weighted by molar-refractivity contribution is 6.33. The average Bonchev–Trinajstić information content (AvgIpc) is 3.10. The van der Waals surface area contributed by atoms with E-state index < -0.39 is 0 Å². The van der Waals surface area contributed by atoms with Crippen molar-refractivity contribution >= 4 is 29.1 Å². The second-order valence-electron chi connectivity index (χ2n) is 5.97. The fraction of sp³-hybridized carbons (Fsp3) is 0.200. The maximum Gasteiger partial charge on any atom is 0.223 e. The van der Waals surface area contributed by atoms with Crippen LogP contribution in [0.15, 0.2) is 59.1 Å². The molecule has 1 aromatic heterocycles. The van der Waals surface area contributed by atoms with Crippen molar-refractivity contribution in [1.29, 1.82) is 0 Å². The fourth-order valence-corrected chi connectivity index (χ4v) is 2.92. The molecule has 0 saturated carbocycles. The number of nitrogens with zero attached hydrogens (tertiary/aromatic N) is 2. The molecule has 2 aromatic carbocycles. The van der Waals surface area contributed by atoms with E-state index in [0.29, 0.717) is 41.1 Å². The van der Waals surface area contributed by atoms with Crippen molar-refractivity contribution < 1.29 is 9.21 Å². The lowest BCUT2D eigenvalue weighted by Gasteiger charge is -2.17. The molecule has 1 heterocycles. The van der Waals surface area contributed by atoms with Crippen LogP contribution in [0.1, 0.15) is 17.9 Å². The van der Waals surface area contributed by atoms with Crippen molar-refractivity contribution in [2.45, 2.75) is 19.4 Å². The van der Waals surface area contributed by atoms with Gasteiger partial charge in [-0.1, -0.05) is 47.5 Å². The second-order valence-corrected chi connectivity index (χ2v) is 6.82. The van der Waals surface area contributed by atoms with E-state index in [-0.39, 0.29) is 5.91 Å². The molecule has 0 unspecified atom stereocenters. The summed E-state index contributed by atoms with van der Waals surface area (Å²) in [7, 11) is 1.78. The van der Waals surface area contributed by atoms with Gasteiger partial charge in [-0.2, -0.15) is 0 Å². The Bertz CT molecular complexity index is 891.